The van der Waals surface area contributed by atoms with Crippen molar-refractivity contribution in [2.45, 2.75) is 71.9 Å². The highest BCUT2D eigenvalue weighted by molar-refractivity contribution is 7.98. The largest absolute Gasteiger partial charge is 0.314 e. The van der Waals surface area contributed by atoms with Gasteiger partial charge < -0.3 is 10.2 Å². The Hall–Kier alpha value is 0.270. The van der Waals surface area contributed by atoms with Gasteiger partial charge in [-0.25, -0.2) is 0 Å². The molecule has 0 saturated heterocycles. The summed E-state index contributed by atoms with van der Waals surface area (Å²) in [5, 5.41) is 3.82. The fourth-order valence-electron chi connectivity index (χ4n) is 3.79. The van der Waals surface area contributed by atoms with Crippen LogP contribution in [-0.4, -0.2) is 49.1 Å². The topological polar surface area (TPSA) is 15.3 Å². The molecular weight excluding hydrogens is 276 g/mol. The van der Waals surface area contributed by atoms with Crippen LogP contribution in [0.1, 0.15) is 59.8 Å². The molecule has 0 bridgehead atoms. The van der Waals surface area contributed by atoms with Gasteiger partial charge in [0.25, 0.3) is 0 Å². The van der Waals surface area contributed by atoms with Gasteiger partial charge in [-0.2, -0.15) is 11.8 Å². The van der Waals surface area contributed by atoms with E-state index in [2.05, 4.69) is 51.2 Å². The van der Waals surface area contributed by atoms with Crippen LogP contribution in [-0.2, 0) is 0 Å². The Kier molecular flexibility index (Phi) is 8.66. The molecule has 1 rings (SSSR count). The summed E-state index contributed by atoms with van der Waals surface area (Å²) < 4.78 is 0. The summed E-state index contributed by atoms with van der Waals surface area (Å²) in [5.74, 6) is 2.07. The van der Waals surface area contributed by atoms with E-state index in [1.807, 2.05) is 11.8 Å². The van der Waals surface area contributed by atoms with Crippen LogP contribution in [0.3, 0.4) is 0 Å². The van der Waals surface area contributed by atoms with Crippen LogP contribution < -0.4 is 5.32 Å². The number of nitrogens with zero attached hydrogens (tertiary/aromatic N) is 1. The molecule has 0 aliphatic heterocycles. The van der Waals surface area contributed by atoms with Crippen molar-refractivity contribution < 1.29 is 0 Å². The highest BCUT2D eigenvalue weighted by atomic mass is 32.2. The van der Waals surface area contributed by atoms with Crippen LogP contribution in [0.5, 0.6) is 0 Å². The van der Waals surface area contributed by atoms with Gasteiger partial charge in [-0.05, 0) is 63.3 Å². The minimum atomic E-state index is 0.525. The lowest BCUT2D eigenvalue weighted by Crippen LogP contribution is -2.49. The molecule has 0 spiro atoms. The zero-order valence-corrected chi connectivity index (χ0v) is 16.1. The van der Waals surface area contributed by atoms with Gasteiger partial charge in [-0.1, -0.05) is 27.7 Å². The molecule has 0 aromatic rings. The lowest BCUT2D eigenvalue weighted by molar-refractivity contribution is 0.0966. The Morgan fingerprint density at radius 1 is 1.33 bits per heavy atom. The second-order valence-electron chi connectivity index (χ2n) is 7.68. The van der Waals surface area contributed by atoms with Crippen molar-refractivity contribution in [1.29, 1.82) is 0 Å². The summed E-state index contributed by atoms with van der Waals surface area (Å²) >= 11 is 1.98. The van der Waals surface area contributed by atoms with Gasteiger partial charge in [-0.15, -0.1) is 0 Å². The van der Waals surface area contributed by atoms with Gasteiger partial charge in [0.1, 0.15) is 0 Å². The summed E-state index contributed by atoms with van der Waals surface area (Å²) in [6.07, 6.45) is 8.83. The van der Waals surface area contributed by atoms with Gasteiger partial charge >= 0.3 is 0 Å². The Balaban J connectivity index is 2.63. The van der Waals surface area contributed by atoms with E-state index in [-0.39, 0.29) is 0 Å². The lowest BCUT2D eigenvalue weighted by Gasteiger charge is -2.43. The number of nitrogens with one attached hydrogen (secondary N) is 1. The Bertz CT molecular complexity index is 280. The van der Waals surface area contributed by atoms with Crippen LogP contribution in [0.25, 0.3) is 0 Å². The minimum absolute atomic E-state index is 0.525. The first-order valence-electron chi connectivity index (χ1n) is 8.86. The third-order valence-electron chi connectivity index (χ3n) is 5.15. The van der Waals surface area contributed by atoms with Crippen LogP contribution in [0.4, 0.5) is 0 Å². The molecular formula is C18H38N2S. The van der Waals surface area contributed by atoms with Gasteiger partial charge in [0.15, 0.2) is 0 Å². The average molecular weight is 315 g/mol. The zero-order valence-electron chi connectivity index (χ0n) is 15.2. The first-order chi connectivity index (χ1) is 9.93. The van der Waals surface area contributed by atoms with Crippen molar-refractivity contribution >= 4 is 11.8 Å². The highest BCUT2D eigenvalue weighted by Crippen LogP contribution is 2.39. The summed E-state index contributed by atoms with van der Waals surface area (Å²) in [6.45, 7) is 11.9. The first kappa shape index (κ1) is 19.3. The van der Waals surface area contributed by atoms with Gasteiger partial charge in [-0.3, -0.25) is 0 Å². The summed E-state index contributed by atoms with van der Waals surface area (Å²) in [4.78, 5) is 2.63. The molecule has 3 unspecified atom stereocenters. The number of rotatable bonds is 9. The Morgan fingerprint density at radius 2 is 2.05 bits per heavy atom. The third kappa shape index (κ3) is 6.50. The zero-order chi connectivity index (χ0) is 15.9. The third-order valence-corrected chi connectivity index (χ3v) is 5.87. The van der Waals surface area contributed by atoms with Gasteiger partial charge in [0, 0.05) is 24.4 Å². The number of thioether (sulfide) groups is 1. The fourth-order valence-corrected chi connectivity index (χ4v) is 4.67. The molecule has 1 aliphatic carbocycles. The second kappa shape index (κ2) is 9.42. The van der Waals surface area contributed by atoms with Crippen LogP contribution >= 0.6 is 11.8 Å². The predicted molar refractivity (Wildman–Crippen MR) is 98.3 cm³/mol. The molecule has 1 N–H and O–H groups in total. The normalized spacial score (nSPS) is 27.0. The monoisotopic (exact) mass is 314 g/mol. The summed E-state index contributed by atoms with van der Waals surface area (Å²) in [7, 11) is 2.34. The average Bonchev–Trinajstić information content (AvgIpc) is 2.43. The lowest BCUT2D eigenvalue weighted by atomic mass is 9.69. The van der Waals surface area contributed by atoms with E-state index in [4.69, 9.17) is 0 Å². The van der Waals surface area contributed by atoms with Crippen LogP contribution in [0, 0.1) is 11.3 Å². The maximum atomic E-state index is 3.82. The fraction of sp³-hybridized carbons (Fsp3) is 1.00. The van der Waals surface area contributed by atoms with Crippen molar-refractivity contribution in [3.63, 3.8) is 0 Å². The molecule has 2 nitrogen and oxygen atoms in total. The molecule has 0 heterocycles. The second-order valence-corrected chi connectivity index (χ2v) is 8.60. The number of hydrogen-bond acceptors (Lipinski definition) is 3. The van der Waals surface area contributed by atoms with Crippen molar-refractivity contribution in [2.75, 3.05) is 32.1 Å². The van der Waals surface area contributed by atoms with Gasteiger partial charge in [0.05, 0.1) is 0 Å². The molecule has 3 heteroatoms. The van der Waals surface area contributed by atoms with Crippen molar-refractivity contribution in [3.8, 4) is 0 Å². The van der Waals surface area contributed by atoms with E-state index < -0.39 is 0 Å². The van der Waals surface area contributed by atoms with Crippen LogP contribution in [0.15, 0.2) is 0 Å². The molecule has 21 heavy (non-hydrogen) atoms. The van der Waals surface area contributed by atoms with E-state index in [1.165, 1.54) is 50.9 Å². The van der Waals surface area contributed by atoms with Gasteiger partial charge in [0.2, 0.25) is 0 Å². The van der Waals surface area contributed by atoms with E-state index in [1.54, 1.807) is 0 Å². The van der Waals surface area contributed by atoms with E-state index in [0.717, 1.165) is 18.0 Å². The first-order valence-corrected chi connectivity index (χ1v) is 10.3. The molecule has 0 aromatic heterocycles. The minimum Gasteiger partial charge on any atom is -0.314 e. The maximum Gasteiger partial charge on any atom is 0.0180 e. The standard InChI is InChI=1S/C18H38N2S/c1-7-11-19-17-9-10-18(3,4)12-15(17)13-20(5)16(8-2)14-21-6/h15-17,19H,7-14H2,1-6H3. The highest BCUT2D eigenvalue weighted by Gasteiger charge is 2.35. The molecule has 1 fully saturated rings. The molecule has 0 amide bonds. The molecule has 1 aliphatic rings. The van der Waals surface area contributed by atoms with Crippen molar-refractivity contribution in [3.05, 3.63) is 0 Å². The van der Waals surface area contributed by atoms with E-state index in [9.17, 15) is 0 Å². The molecule has 126 valence electrons. The Labute approximate surface area is 137 Å². The SMILES string of the molecule is CCCNC1CCC(C)(C)CC1CN(C)C(CC)CSC. The molecule has 0 radical (unpaired) electrons. The van der Waals surface area contributed by atoms with Crippen molar-refractivity contribution in [2.24, 2.45) is 11.3 Å². The van der Waals surface area contributed by atoms with Crippen molar-refractivity contribution in [1.82, 2.24) is 10.2 Å². The summed E-state index contributed by atoms with van der Waals surface area (Å²) in [6, 6.07) is 1.46. The van der Waals surface area contributed by atoms with Crippen LogP contribution in [0.2, 0.25) is 0 Å². The van der Waals surface area contributed by atoms with E-state index in [0.29, 0.717) is 5.41 Å². The Morgan fingerprint density at radius 3 is 2.62 bits per heavy atom. The molecule has 0 aromatic carbocycles. The molecule has 3 atom stereocenters. The smallest absolute Gasteiger partial charge is 0.0180 e. The predicted octanol–water partition coefficient (Wildman–Crippen LogP) is 4.25. The summed E-state index contributed by atoms with van der Waals surface area (Å²) in [5.41, 5.74) is 0.525. The molecule has 1 saturated carbocycles. The van der Waals surface area contributed by atoms with E-state index >= 15 is 0 Å². The quantitative estimate of drug-likeness (QED) is 0.685. The number of hydrogen-bond donors (Lipinski definition) is 1. The maximum absolute atomic E-state index is 3.82.